The van der Waals surface area contributed by atoms with Crippen molar-refractivity contribution in [1.82, 2.24) is 4.90 Å². The zero-order valence-electron chi connectivity index (χ0n) is 10.6. The number of hydrogen-bond acceptors (Lipinski definition) is 3. The van der Waals surface area contributed by atoms with E-state index in [9.17, 15) is 9.18 Å². The molecule has 2 rings (SSSR count). The molecule has 0 saturated carbocycles. The van der Waals surface area contributed by atoms with Crippen molar-refractivity contribution in [3.8, 4) is 0 Å². The highest BCUT2D eigenvalue weighted by molar-refractivity contribution is 6.30. The minimum atomic E-state index is -0.502. The van der Waals surface area contributed by atoms with Crippen LogP contribution in [0.5, 0.6) is 0 Å². The average molecular weight is 287 g/mol. The number of benzene rings is 1. The van der Waals surface area contributed by atoms with Gasteiger partial charge in [0.15, 0.2) is 0 Å². The van der Waals surface area contributed by atoms with Crippen molar-refractivity contribution in [3.05, 3.63) is 34.6 Å². The Morgan fingerprint density at radius 3 is 2.95 bits per heavy atom. The lowest BCUT2D eigenvalue weighted by molar-refractivity contribution is -0.129. The normalized spacial score (nSPS) is 23.2. The van der Waals surface area contributed by atoms with Crippen molar-refractivity contribution in [2.24, 2.45) is 5.73 Å². The molecule has 19 heavy (non-hydrogen) atoms. The molecule has 1 aliphatic heterocycles. The number of methoxy groups -OCH3 is 1. The molecular weight excluding hydrogens is 271 g/mol. The maximum atomic E-state index is 13.5. The molecule has 1 aliphatic rings. The topological polar surface area (TPSA) is 55.6 Å². The van der Waals surface area contributed by atoms with Gasteiger partial charge in [-0.05, 0) is 17.7 Å². The molecule has 1 aromatic carbocycles. The number of carbonyl (C=O) groups excluding carboxylic acids is 1. The van der Waals surface area contributed by atoms with Crippen molar-refractivity contribution in [1.29, 1.82) is 0 Å². The molecule has 0 spiro atoms. The summed E-state index contributed by atoms with van der Waals surface area (Å²) in [6.07, 6.45) is 0.263. The summed E-state index contributed by atoms with van der Waals surface area (Å²) in [6.45, 7) is 0.864. The highest BCUT2D eigenvalue weighted by atomic mass is 35.5. The molecule has 1 aromatic rings. The third-order valence-electron chi connectivity index (χ3n) is 3.29. The molecular formula is C13H16ClFN2O2. The van der Waals surface area contributed by atoms with E-state index < -0.39 is 5.82 Å². The number of nitrogens with zero attached hydrogens (tertiary/aromatic N) is 1. The van der Waals surface area contributed by atoms with Crippen LogP contribution in [0.1, 0.15) is 18.0 Å². The van der Waals surface area contributed by atoms with Crippen molar-refractivity contribution >= 4 is 17.5 Å². The molecule has 1 heterocycles. The zero-order valence-corrected chi connectivity index (χ0v) is 11.4. The van der Waals surface area contributed by atoms with Gasteiger partial charge in [-0.25, -0.2) is 4.39 Å². The van der Waals surface area contributed by atoms with Crippen LogP contribution >= 0.6 is 11.6 Å². The maximum absolute atomic E-state index is 13.5. The molecule has 0 aromatic heterocycles. The smallest absolute Gasteiger partial charge is 0.224 e. The van der Waals surface area contributed by atoms with Crippen LogP contribution in [0.2, 0.25) is 5.02 Å². The fourth-order valence-electron chi connectivity index (χ4n) is 2.39. The van der Waals surface area contributed by atoms with Crippen LogP contribution in [0.25, 0.3) is 0 Å². The first kappa shape index (κ1) is 14.2. The lowest BCUT2D eigenvalue weighted by Gasteiger charge is -2.27. The van der Waals surface area contributed by atoms with Crippen LogP contribution in [0.4, 0.5) is 4.39 Å². The van der Waals surface area contributed by atoms with E-state index in [2.05, 4.69) is 0 Å². The Bertz CT molecular complexity index is 484. The Kier molecular flexibility index (Phi) is 4.39. The monoisotopic (exact) mass is 286 g/mol. The van der Waals surface area contributed by atoms with E-state index in [1.165, 1.54) is 12.1 Å². The minimum absolute atomic E-state index is 0.0371. The fourth-order valence-corrected chi connectivity index (χ4v) is 2.51. The first-order valence-corrected chi connectivity index (χ1v) is 6.41. The zero-order chi connectivity index (χ0) is 14.0. The molecule has 0 aliphatic carbocycles. The second-order valence-corrected chi connectivity index (χ2v) is 4.97. The van der Waals surface area contributed by atoms with Crippen LogP contribution in [0.3, 0.4) is 0 Å². The van der Waals surface area contributed by atoms with Crippen LogP contribution in [0, 0.1) is 5.82 Å². The van der Waals surface area contributed by atoms with E-state index in [1.807, 2.05) is 0 Å². The quantitative estimate of drug-likeness (QED) is 0.917. The fraction of sp³-hybridized carbons (Fsp3) is 0.462. The van der Waals surface area contributed by atoms with Gasteiger partial charge in [0.05, 0.1) is 17.7 Å². The lowest BCUT2D eigenvalue weighted by atomic mass is 10.0. The predicted molar refractivity (Wildman–Crippen MR) is 70.3 cm³/mol. The molecule has 1 saturated heterocycles. The summed E-state index contributed by atoms with van der Waals surface area (Å²) in [7, 11) is 1.57. The molecule has 2 atom stereocenters. The van der Waals surface area contributed by atoms with E-state index in [0.29, 0.717) is 18.7 Å². The second-order valence-electron chi connectivity index (χ2n) is 4.57. The van der Waals surface area contributed by atoms with Crippen molar-refractivity contribution < 1.29 is 13.9 Å². The van der Waals surface area contributed by atoms with Gasteiger partial charge >= 0.3 is 0 Å². The van der Waals surface area contributed by atoms with Crippen LogP contribution in [-0.2, 0) is 9.53 Å². The van der Waals surface area contributed by atoms with E-state index in [-0.39, 0.29) is 29.4 Å². The number of likely N-dealkylation sites (tertiary alicyclic amines) is 1. The van der Waals surface area contributed by atoms with Gasteiger partial charge in [-0.2, -0.15) is 0 Å². The number of carbonyl (C=O) groups is 1. The number of amides is 1. The third-order valence-corrected chi connectivity index (χ3v) is 3.60. The Balaban J connectivity index is 2.28. The Morgan fingerprint density at radius 1 is 1.58 bits per heavy atom. The van der Waals surface area contributed by atoms with Crippen molar-refractivity contribution in [2.75, 3.05) is 20.3 Å². The minimum Gasteiger partial charge on any atom is -0.383 e. The molecule has 104 valence electrons. The number of nitrogens with two attached hydrogens (primary N) is 1. The van der Waals surface area contributed by atoms with E-state index in [0.717, 1.165) is 0 Å². The van der Waals surface area contributed by atoms with Gasteiger partial charge in [-0.1, -0.05) is 17.7 Å². The summed E-state index contributed by atoms with van der Waals surface area (Å²) in [5.74, 6) is -0.540. The summed E-state index contributed by atoms with van der Waals surface area (Å²) in [5, 5.41) is 0.0603. The SMILES string of the molecule is COCCN1C(=O)C[C@@H](N)[C@H]1c1ccc(Cl)c(F)c1. The van der Waals surface area contributed by atoms with Crippen LogP contribution in [0.15, 0.2) is 18.2 Å². The van der Waals surface area contributed by atoms with Gasteiger partial charge < -0.3 is 15.4 Å². The molecule has 0 bridgehead atoms. The number of hydrogen-bond donors (Lipinski definition) is 1. The van der Waals surface area contributed by atoms with E-state index >= 15 is 0 Å². The summed E-state index contributed by atoms with van der Waals surface area (Å²) in [4.78, 5) is 13.5. The van der Waals surface area contributed by atoms with Gasteiger partial charge in [-0.15, -0.1) is 0 Å². The van der Waals surface area contributed by atoms with Gasteiger partial charge in [0, 0.05) is 26.1 Å². The molecule has 6 heteroatoms. The summed E-state index contributed by atoms with van der Waals surface area (Å²) < 4.78 is 18.5. The molecule has 1 amide bonds. The van der Waals surface area contributed by atoms with E-state index in [1.54, 1.807) is 18.1 Å². The summed E-state index contributed by atoms with van der Waals surface area (Å²) >= 11 is 5.67. The molecule has 0 radical (unpaired) electrons. The summed E-state index contributed by atoms with van der Waals surface area (Å²) in [6, 6.07) is 3.86. The molecule has 4 nitrogen and oxygen atoms in total. The molecule has 0 unspecified atom stereocenters. The number of halogens is 2. The average Bonchev–Trinajstić information content (AvgIpc) is 2.65. The van der Waals surface area contributed by atoms with Gasteiger partial charge in [0.1, 0.15) is 5.82 Å². The first-order valence-electron chi connectivity index (χ1n) is 6.03. The standard InChI is InChI=1S/C13H16ClFN2O2/c1-19-5-4-17-12(18)7-11(16)13(17)8-2-3-9(14)10(15)6-8/h2-3,6,11,13H,4-5,7,16H2,1H3/t11-,13-/m1/s1. The number of rotatable bonds is 4. The van der Waals surface area contributed by atoms with E-state index in [4.69, 9.17) is 22.1 Å². The Labute approximate surface area is 116 Å². The predicted octanol–water partition coefficient (Wildman–Crippen LogP) is 1.73. The summed E-state index contributed by atoms with van der Waals surface area (Å²) in [5.41, 5.74) is 6.66. The highest BCUT2D eigenvalue weighted by Crippen LogP contribution is 2.33. The highest BCUT2D eigenvalue weighted by Gasteiger charge is 2.38. The Morgan fingerprint density at radius 2 is 2.32 bits per heavy atom. The second kappa shape index (κ2) is 5.86. The third kappa shape index (κ3) is 2.88. The maximum Gasteiger partial charge on any atom is 0.224 e. The van der Waals surface area contributed by atoms with Crippen LogP contribution in [-0.4, -0.2) is 37.1 Å². The Hall–Kier alpha value is -1.17. The van der Waals surface area contributed by atoms with Crippen LogP contribution < -0.4 is 5.73 Å². The van der Waals surface area contributed by atoms with Gasteiger partial charge in [0.2, 0.25) is 5.91 Å². The largest absolute Gasteiger partial charge is 0.383 e. The lowest BCUT2D eigenvalue weighted by Crippen LogP contribution is -2.35. The molecule has 1 fully saturated rings. The van der Waals surface area contributed by atoms with Crippen molar-refractivity contribution in [3.63, 3.8) is 0 Å². The number of ether oxygens (including phenoxy) is 1. The van der Waals surface area contributed by atoms with Gasteiger partial charge in [-0.3, -0.25) is 4.79 Å². The van der Waals surface area contributed by atoms with Gasteiger partial charge in [0.25, 0.3) is 0 Å². The first-order chi connectivity index (χ1) is 9.04. The molecule has 2 N–H and O–H groups in total. The van der Waals surface area contributed by atoms with Crippen molar-refractivity contribution in [2.45, 2.75) is 18.5 Å².